The zero-order valence-electron chi connectivity index (χ0n) is 15.2. The van der Waals surface area contributed by atoms with Crippen molar-refractivity contribution in [3.05, 3.63) is 41.5 Å². The van der Waals surface area contributed by atoms with Crippen molar-refractivity contribution in [2.45, 2.75) is 31.6 Å². The average molecular weight is 370 g/mol. The number of hydrogen-bond acceptors (Lipinski definition) is 7. The Kier molecular flexibility index (Phi) is 4.89. The number of rotatable bonds is 7. The molecule has 1 aromatic heterocycles. The Morgan fingerprint density at radius 3 is 2.78 bits per heavy atom. The second kappa shape index (κ2) is 7.48. The molecular weight excluding hydrogens is 348 g/mol. The summed E-state index contributed by atoms with van der Waals surface area (Å²) in [6.45, 7) is 3.70. The first-order valence-corrected chi connectivity index (χ1v) is 9.26. The van der Waals surface area contributed by atoms with E-state index in [4.69, 9.17) is 9.26 Å². The van der Waals surface area contributed by atoms with Gasteiger partial charge in [0.15, 0.2) is 5.82 Å². The summed E-state index contributed by atoms with van der Waals surface area (Å²) in [6.07, 6.45) is 2.28. The molecule has 0 bridgehead atoms. The molecule has 0 unspecified atom stereocenters. The molecular formula is C19H22N4O4. The maximum atomic E-state index is 12.3. The quantitative estimate of drug-likeness (QED) is 0.746. The van der Waals surface area contributed by atoms with Crippen molar-refractivity contribution in [3.63, 3.8) is 0 Å². The Labute approximate surface area is 156 Å². The molecule has 2 aromatic rings. The number of nitrogens with one attached hydrogen (secondary N) is 1. The van der Waals surface area contributed by atoms with Crippen LogP contribution in [0.3, 0.4) is 0 Å². The number of hydrogen-bond donors (Lipinski definition) is 1. The molecule has 1 aliphatic carbocycles. The second-order valence-electron chi connectivity index (χ2n) is 6.97. The van der Waals surface area contributed by atoms with E-state index in [-0.39, 0.29) is 25.0 Å². The van der Waals surface area contributed by atoms with Crippen molar-refractivity contribution in [1.82, 2.24) is 15.0 Å². The van der Waals surface area contributed by atoms with Crippen LogP contribution in [0.1, 0.15) is 53.7 Å². The van der Waals surface area contributed by atoms with E-state index in [9.17, 15) is 9.59 Å². The zero-order chi connectivity index (χ0) is 18.8. The lowest BCUT2D eigenvalue weighted by molar-refractivity contribution is -0.118. The molecule has 1 aliphatic heterocycles. The van der Waals surface area contributed by atoms with Gasteiger partial charge in [-0.15, -0.1) is 0 Å². The zero-order valence-corrected chi connectivity index (χ0v) is 15.2. The van der Waals surface area contributed by atoms with Crippen molar-refractivity contribution in [2.24, 2.45) is 0 Å². The van der Waals surface area contributed by atoms with Gasteiger partial charge in [0.1, 0.15) is 0 Å². The van der Waals surface area contributed by atoms with E-state index < -0.39 is 5.97 Å². The number of aromatic nitrogens is 2. The SMILES string of the molecule is CCOC(=O)c1ccccc1NC(=O)CN1CC(c2nc(C3CC3)no2)C1. The van der Waals surface area contributed by atoms with Crippen molar-refractivity contribution in [1.29, 1.82) is 0 Å². The summed E-state index contributed by atoms with van der Waals surface area (Å²) in [5.74, 6) is 1.53. The average Bonchev–Trinajstić information content (AvgIpc) is 3.36. The summed E-state index contributed by atoms with van der Waals surface area (Å²) < 4.78 is 10.4. The van der Waals surface area contributed by atoms with Crippen LogP contribution in [0, 0.1) is 0 Å². The lowest BCUT2D eigenvalue weighted by atomic mass is 10.0. The van der Waals surface area contributed by atoms with Crippen LogP contribution in [-0.2, 0) is 9.53 Å². The molecule has 8 heteroatoms. The van der Waals surface area contributed by atoms with Crippen LogP contribution < -0.4 is 5.32 Å². The number of anilines is 1. The number of benzene rings is 1. The minimum atomic E-state index is -0.444. The number of ether oxygens (including phenoxy) is 1. The summed E-state index contributed by atoms with van der Waals surface area (Å²) in [7, 11) is 0. The van der Waals surface area contributed by atoms with E-state index >= 15 is 0 Å². The molecule has 1 amide bonds. The van der Waals surface area contributed by atoms with Crippen molar-refractivity contribution >= 4 is 17.6 Å². The van der Waals surface area contributed by atoms with Crippen LogP contribution in [0.2, 0.25) is 0 Å². The summed E-state index contributed by atoms with van der Waals surface area (Å²) in [5, 5.41) is 6.83. The Morgan fingerprint density at radius 2 is 2.04 bits per heavy atom. The number of esters is 1. The highest BCUT2D eigenvalue weighted by atomic mass is 16.5. The molecule has 2 aliphatic rings. The third-order valence-corrected chi connectivity index (χ3v) is 4.77. The predicted octanol–water partition coefficient (Wildman–Crippen LogP) is 2.16. The molecule has 2 fully saturated rings. The van der Waals surface area contributed by atoms with Gasteiger partial charge in [-0.1, -0.05) is 17.3 Å². The lowest BCUT2D eigenvalue weighted by Crippen LogP contribution is -2.48. The van der Waals surface area contributed by atoms with Gasteiger partial charge >= 0.3 is 5.97 Å². The maximum Gasteiger partial charge on any atom is 0.340 e. The maximum absolute atomic E-state index is 12.3. The highest BCUT2D eigenvalue weighted by Crippen LogP contribution is 2.39. The van der Waals surface area contributed by atoms with Crippen molar-refractivity contribution < 1.29 is 18.8 Å². The lowest BCUT2D eigenvalue weighted by Gasteiger charge is -2.36. The molecule has 142 valence electrons. The second-order valence-corrected chi connectivity index (χ2v) is 6.97. The van der Waals surface area contributed by atoms with Gasteiger partial charge in [0.2, 0.25) is 11.8 Å². The summed E-state index contributed by atoms with van der Waals surface area (Å²) in [6, 6.07) is 6.84. The van der Waals surface area contributed by atoms with E-state index in [2.05, 4.69) is 15.5 Å². The van der Waals surface area contributed by atoms with E-state index in [0.717, 1.165) is 18.7 Å². The Bertz CT molecular complexity index is 840. The minimum absolute atomic E-state index is 0.172. The molecule has 1 saturated carbocycles. The fraction of sp³-hybridized carbons (Fsp3) is 0.474. The minimum Gasteiger partial charge on any atom is -0.462 e. The normalized spacial score (nSPS) is 17.4. The monoisotopic (exact) mass is 370 g/mol. The van der Waals surface area contributed by atoms with Gasteiger partial charge in [-0.2, -0.15) is 4.98 Å². The van der Waals surface area contributed by atoms with E-state index in [1.165, 1.54) is 0 Å². The Hall–Kier alpha value is -2.74. The van der Waals surface area contributed by atoms with Gasteiger partial charge < -0.3 is 14.6 Å². The summed E-state index contributed by atoms with van der Waals surface area (Å²) in [4.78, 5) is 30.8. The first kappa shape index (κ1) is 17.7. The summed E-state index contributed by atoms with van der Waals surface area (Å²) in [5.41, 5.74) is 0.816. The number of nitrogens with zero attached hydrogens (tertiary/aromatic N) is 3. The Morgan fingerprint density at radius 1 is 1.26 bits per heavy atom. The molecule has 2 heterocycles. The van der Waals surface area contributed by atoms with Crippen molar-refractivity contribution in [2.75, 3.05) is 31.6 Å². The third-order valence-electron chi connectivity index (χ3n) is 4.77. The van der Waals surface area contributed by atoms with Gasteiger partial charge in [0.25, 0.3) is 0 Å². The summed E-state index contributed by atoms with van der Waals surface area (Å²) >= 11 is 0. The van der Waals surface area contributed by atoms with Gasteiger partial charge in [-0.3, -0.25) is 9.69 Å². The van der Waals surface area contributed by atoms with Crippen LogP contribution in [0.5, 0.6) is 0 Å². The van der Waals surface area contributed by atoms with E-state index in [1.54, 1.807) is 31.2 Å². The van der Waals surface area contributed by atoms with Crippen LogP contribution in [0.4, 0.5) is 5.69 Å². The molecule has 0 atom stereocenters. The van der Waals surface area contributed by atoms with Crippen LogP contribution in [0.25, 0.3) is 0 Å². The molecule has 1 aromatic carbocycles. The first-order valence-electron chi connectivity index (χ1n) is 9.26. The van der Waals surface area contributed by atoms with Gasteiger partial charge in [-0.25, -0.2) is 4.79 Å². The first-order chi connectivity index (χ1) is 13.1. The highest BCUT2D eigenvalue weighted by molar-refractivity contribution is 6.01. The number of likely N-dealkylation sites (tertiary alicyclic amines) is 1. The van der Waals surface area contributed by atoms with E-state index in [0.29, 0.717) is 36.1 Å². The van der Waals surface area contributed by atoms with Crippen LogP contribution in [-0.4, -0.2) is 53.2 Å². The van der Waals surface area contributed by atoms with Crippen LogP contribution in [0.15, 0.2) is 28.8 Å². The molecule has 27 heavy (non-hydrogen) atoms. The largest absolute Gasteiger partial charge is 0.462 e. The molecule has 0 radical (unpaired) electrons. The van der Waals surface area contributed by atoms with Gasteiger partial charge in [0, 0.05) is 19.0 Å². The highest BCUT2D eigenvalue weighted by Gasteiger charge is 2.36. The van der Waals surface area contributed by atoms with Crippen LogP contribution >= 0.6 is 0 Å². The molecule has 1 N–H and O–H groups in total. The topological polar surface area (TPSA) is 97.6 Å². The molecule has 8 nitrogen and oxygen atoms in total. The standard InChI is InChI=1S/C19H22N4O4/c1-2-26-19(25)14-5-3-4-6-15(14)20-16(24)11-23-9-13(10-23)18-21-17(22-27-18)12-7-8-12/h3-6,12-13H,2,7-11H2,1H3,(H,20,24). The Balaban J connectivity index is 1.29. The van der Waals surface area contributed by atoms with Gasteiger partial charge in [-0.05, 0) is 31.9 Å². The van der Waals surface area contributed by atoms with E-state index in [1.807, 2.05) is 4.90 Å². The number of carbonyl (C=O) groups excluding carboxylic acids is 2. The molecule has 4 rings (SSSR count). The molecule has 1 saturated heterocycles. The fourth-order valence-corrected chi connectivity index (χ4v) is 3.15. The van der Waals surface area contributed by atoms with Crippen molar-refractivity contribution in [3.8, 4) is 0 Å². The fourth-order valence-electron chi connectivity index (χ4n) is 3.15. The van der Waals surface area contributed by atoms with Gasteiger partial charge in [0.05, 0.1) is 30.3 Å². The number of para-hydroxylation sites is 1. The number of amides is 1. The predicted molar refractivity (Wildman–Crippen MR) is 96.5 cm³/mol. The third kappa shape index (κ3) is 4.00. The molecule has 0 spiro atoms. The smallest absolute Gasteiger partial charge is 0.340 e. The number of carbonyl (C=O) groups is 2.